The highest BCUT2D eigenvalue weighted by molar-refractivity contribution is 6.12. The lowest BCUT2D eigenvalue weighted by atomic mass is 9.66. The lowest BCUT2D eigenvalue weighted by Gasteiger charge is -2.38. The zero-order chi connectivity index (χ0) is 22.0. The number of benzene rings is 2. The average molecular weight is 418 g/mol. The first-order valence-corrected chi connectivity index (χ1v) is 10.7. The zero-order valence-electron chi connectivity index (χ0n) is 18.1. The fourth-order valence-corrected chi connectivity index (χ4v) is 4.87. The van der Waals surface area contributed by atoms with E-state index in [1.165, 1.54) is 7.11 Å². The molecule has 1 aliphatic heterocycles. The molecule has 1 heterocycles. The summed E-state index contributed by atoms with van der Waals surface area (Å²) in [7, 11) is 1.36. The van der Waals surface area contributed by atoms with Crippen molar-refractivity contribution in [2.24, 2.45) is 10.9 Å². The van der Waals surface area contributed by atoms with Crippen LogP contribution in [0.2, 0.25) is 0 Å². The largest absolute Gasteiger partial charge is 0.494 e. The molecule has 0 aromatic heterocycles. The normalized spacial score (nSPS) is 23.1. The summed E-state index contributed by atoms with van der Waals surface area (Å²) in [4.78, 5) is 31.1. The van der Waals surface area contributed by atoms with Gasteiger partial charge >= 0.3 is 5.97 Å². The van der Waals surface area contributed by atoms with Crippen LogP contribution in [0, 0.1) is 5.92 Å². The first-order chi connectivity index (χ1) is 15.0. The summed E-state index contributed by atoms with van der Waals surface area (Å²) in [6.07, 6.45) is 1.12. The van der Waals surface area contributed by atoms with Gasteiger partial charge in [0.25, 0.3) is 0 Å². The molecule has 0 N–H and O–H groups in total. The van der Waals surface area contributed by atoms with Gasteiger partial charge in [-0.25, -0.2) is 4.79 Å². The van der Waals surface area contributed by atoms with E-state index < -0.39 is 17.8 Å². The Balaban J connectivity index is 1.83. The molecule has 1 aliphatic carbocycles. The summed E-state index contributed by atoms with van der Waals surface area (Å²) in [5.41, 5.74) is 3.86. The smallest absolute Gasteiger partial charge is 0.336 e. The van der Waals surface area contributed by atoms with Gasteiger partial charge in [-0.05, 0) is 37.8 Å². The Bertz CT molecular complexity index is 1050. The van der Waals surface area contributed by atoms with Crippen LogP contribution in [0.4, 0.5) is 0 Å². The number of rotatable bonds is 5. The summed E-state index contributed by atoms with van der Waals surface area (Å²) in [5.74, 6) is -0.521. The number of esters is 1. The van der Waals surface area contributed by atoms with Crippen LogP contribution in [-0.2, 0) is 14.3 Å². The molecule has 160 valence electrons. The van der Waals surface area contributed by atoms with Crippen molar-refractivity contribution in [3.63, 3.8) is 0 Å². The molecule has 1 saturated carbocycles. The number of ketones is 1. The van der Waals surface area contributed by atoms with Gasteiger partial charge in [-0.3, -0.25) is 9.79 Å². The zero-order valence-corrected chi connectivity index (χ0v) is 18.1. The van der Waals surface area contributed by atoms with Crippen LogP contribution in [0.1, 0.15) is 49.7 Å². The van der Waals surface area contributed by atoms with E-state index in [4.69, 9.17) is 14.5 Å². The standard InChI is InChI=1S/C26H27NO4/c1-4-31-22-13-9-8-12-19(22)24-23(26(29)30-3)16(2)27-20-14-18(15-21(28)25(20)24)17-10-6-5-7-11-17/h5-13,18,24-25H,4,14-15H2,1-3H3/t18-,24+,25?/m1/s1. The van der Waals surface area contributed by atoms with E-state index in [1.54, 1.807) is 0 Å². The molecule has 2 aliphatic rings. The van der Waals surface area contributed by atoms with Crippen molar-refractivity contribution in [1.29, 1.82) is 0 Å². The SMILES string of the molecule is CCOc1ccccc1[C@H]1C(C(=O)OC)=C(C)N=C2C[C@@H](c3ccccc3)CC(=O)C21. The van der Waals surface area contributed by atoms with E-state index >= 15 is 0 Å². The van der Waals surface area contributed by atoms with Crippen LogP contribution in [0.25, 0.3) is 0 Å². The number of carbonyl (C=O) groups excluding carboxylic acids is 2. The van der Waals surface area contributed by atoms with Crippen molar-refractivity contribution in [2.45, 2.75) is 38.5 Å². The average Bonchev–Trinajstić information content (AvgIpc) is 2.79. The molecule has 0 spiro atoms. The first kappa shape index (κ1) is 21.0. The van der Waals surface area contributed by atoms with Crippen LogP contribution in [-0.4, -0.2) is 31.2 Å². The van der Waals surface area contributed by atoms with Gasteiger partial charge in [0.2, 0.25) is 0 Å². The molecule has 4 rings (SSSR count). The van der Waals surface area contributed by atoms with Crippen molar-refractivity contribution in [3.05, 3.63) is 77.0 Å². The minimum Gasteiger partial charge on any atom is -0.494 e. The number of methoxy groups -OCH3 is 1. The Morgan fingerprint density at radius 2 is 1.74 bits per heavy atom. The van der Waals surface area contributed by atoms with Crippen LogP contribution in [0.3, 0.4) is 0 Å². The van der Waals surface area contributed by atoms with Crippen LogP contribution in [0.5, 0.6) is 5.75 Å². The van der Waals surface area contributed by atoms with E-state index in [1.807, 2.05) is 56.3 Å². The van der Waals surface area contributed by atoms with Crippen LogP contribution in [0.15, 0.2) is 70.9 Å². The Morgan fingerprint density at radius 1 is 1.03 bits per heavy atom. The quantitative estimate of drug-likeness (QED) is 0.654. The first-order valence-electron chi connectivity index (χ1n) is 10.7. The molecule has 0 amide bonds. The molecule has 2 aromatic carbocycles. The summed E-state index contributed by atoms with van der Waals surface area (Å²) in [5, 5.41) is 0. The molecule has 0 bridgehead atoms. The van der Waals surface area contributed by atoms with Gasteiger partial charge in [-0.2, -0.15) is 0 Å². The van der Waals surface area contributed by atoms with Gasteiger partial charge in [0, 0.05) is 29.3 Å². The monoisotopic (exact) mass is 417 g/mol. The number of hydrogen-bond donors (Lipinski definition) is 0. The van der Waals surface area contributed by atoms with Crippen molar-refractivity contribution >= 4 is 17.5 Å². The number of ether oxygens (including phenoxy) is 2. The Kier molecular flexibility index (Phi) is 6.03. The maximum Gasteiger partial charge on any atom is 0.336 e. The van der Waals surface area contributed by atoms with Gasteiger partial charge in [0.1, 0.15) is 11.5 Å². The highest BCUT2D eigenvalue weighted by atomic mass is 16.5. The Hall–Kier alpha value is -3.21. The minimum absolute atomic E-state index is 0.0963. The van der Waals surface area contributed by atoms with Gasteiger partial charge in [-0.1, -0.05) is 48.5 Å². The fourth-order valence-electron chi connectivity index (χ4n) is 4.87. The molecular formula is C26H27NO4. The number of fused-ring (bicyclic) bond motifs is 1. The molecule has 5 nitrogen and oxygen atoms in total. The Labute approximate surface area is 182 Å². The molecule has 3 atom stereocenters. The van der Waals surface area contributed by atoms with E-state index in [9.17, 15) is 9.59 Å². The second kappa shape index (κ2) is 8.88. The number of carbonyl (C=O) groups is 2. The lowest BCUT2D eigenvalue weighted by Crippen LogP contribution is -2.41. The highest BCUT2D eigenvalue weighted by Gasteiger charge is 2.46. The van der Waals surface area contributed by atoms with E-state index in [0.717, 1.165) is 16.8 Å². The number of Topliss-reactive ketones (excluding diaryl/α,β-unsaturated/α-hetero) is 1. The summed E-state index contributed by atoms with van der Waals surface area (Å²) >= 11 is 0. The lowest BCUT2D eigenvalue weighted by molar-refractivity contribution is -0.136. The third-order valence-electron chi connectivity index (χ3n) is 6.18. The second-order valence-corrected chi connectivity index (χ2v) is 8.00. The number of hydrogen-bond acceptors (Lipinski definition) is 5. The second-order valence-electron chi connectivity index (χ2n) is 8.00. The maximum absolute atomic E-state index is 13.5. The molecule has 2 aromatic rings. The van der Waals surface area contributed by atoms with Gasteiger partial charge in [-0.15, -0.1) is 0 Å². The summed E-state index contributed by atoms with van der Waals surface area (Å²) < 4.78 is 11.0. The number of nitrogens with zero attached hydrogens (tertiary/aromatic N) is 1. The number of allylic oxidation sites excluding steroid dienone is 1. The topological polar surface area (TPSA) is 65.0 Å². The van der Waals surface area contributed by atoms with Crippen molar-refractivity contribution in [2.75, 3.05) is 13.7 Å². The number of aliphatic imine (C=N–C) groups is 1. The molecule has 31 heavy (non-hydrogen) atoms. The van der Waals surface area contributed by atoms with Crippen LogP contribution >= 0.6 is 0 Å². The van der Waals surface area contributed by atoms with Crippen molar-refractivity contribution in [1.82, 2.24) is 0 Å². The highest BCUT2D eigenvalue weighted by Crippen LogP contribution is 2.47. The van der Waals surface area contributed by atoms with Gasteiger partial charge < -0.3 is 9.47 Å². The van der Waals surface area contributed by atoms with Crippen molar-refractivity contribution < 1.29 is 19.1 Å². The van der Waals surface area contributed by atoms with E-state index in [0.29, 0.717) is 36.5 Å². The summed E-state index contributed by atoms with van der Waals surface area (Å²) in [6.45, 7) is 4.24. The Morgan fingerprint density at radius 3 is 2.45 bits per heavy atom. The van der Waals surface area contributed by atoms with Gasteiger partial charge in [0.15, 0.2) is 0 Å². The molecule has 1 unspecified atom stereocenters. The predicted octanol–water partition coefficient (Wildman–Crippen LogP) is 4.83. The molecule has 0 radical (unpaired) electrons. The van der Waals surface area contributed by atoms with Crippen molar-refractivity contribution in [3.8, 4) is 5.75 Å². The van der Waals surface area contributed by atoms with E-state index in [2.05, 4.69) is 12.1 Å². The maximum atomic E-state index is 13.5. The van der Waals surface area contributed by atoms with Crippen LogP contribution < -0.4 is 4.74 Å². The molecule has 1 fully saturated rings. The predicted molar refractivity (Wildman–Crippen MR) is 119 cm³/mol. The minimum atomic E-state index is -0.487. The molecule has 5 heteroatoms. The van der Waals surface area contributed by atoms with E-state index in [-0.39, 0.29) is 11.7 Å². The third kappa shape index (κ3) is 3.92. The third-order valence-corrected chi connectivity index (χ3v) is 6.18. The molecular weight excluding hydrogens is 390 g/mol. The summed E-state index contributed by atoms with van der Waals surface area (Å²) in [6, 6.07) is 17.7. The fraction of sp³-hybridized carbons (Fsp3) is 0.346. The number of para-hydroxylation sites is 1. The van der Waals surface area contributed by atoms with Gasteiger partial charge in [0.05, 0.1) is 25.2 Å². The molecule has 0 saturated heterocycles.